The van der Waals surface area contributed by atoms with Gasteiger partial charge >= 0.3 is 0 Å². The molecule has 1 aromatic heterocycles. The summed E-state index contributed by atoms with van der Waals surface area (Å²) in [6, 6.07) is 0. The molecule has 0 spiro atoms. The van der Waals surface area contributed by atoms with Crippen molar-refractivity contribution in [1.29, 1.82) is 0 Å². The second-order valence-electron chi connectivity index (χ2n) is 4.28. The summed E-state index contributed by atoms with van der Waals surface area (Å²) in [6.45, 7) is 6.19. The largest absolute Gasteiger partial charge is 0.358 e. The summed E-state index contributed by atoms with van der Waals surface area (Å²) in [5.41, 5.74) is 0.136. The molecule has 0 saturated heterocycles. The summed E-state index contributed by atoms with van der Waals surface area (Å²) in [7, 11) is 0. The summed E-state index contributed by atoms with van der Waals surface area (Å²) < 4.78 is 2.08. The molecule has 1 aromatic rings. The van der Waals surface area contributed by atoms with Gasteiger partial charge in [0.2, 0.25) is 0 Å². The Morgan fingerprint density at radius 1 is 1.60 bits per heavy atom. The van der Waals surface area contributed by atoms with Crippen molar-refractivity contribution in [3.63, 3.8) is 0 Å². The van der Waals surface area contributed by atoms with Crippen molar-refractivity contribution in [3.05, 3.63) is 18.7 Å². The molecule has 82 valence electrons. The number of thioether (sulfide) groups is 1. The van der Waals surface area contributed by atoms with Gasteiger partial charge in [-0.2, -0.15) is 0 Å². The highest BCUT2D eigenvalue weighted by molar-refractivity contribution is 8.13. The van der Waals surface area contributed by atoms with E-state index in [0.717, 1.165) is 24.0 Å². The van der Waals surface area contributed by atoms with E-state index >= 15 is 0 Å². The van der Waals surface area contributed by atoms with E-state index in [9.17, 15) is 0 Å². The molecule has 0 radical (unpaired) electrons. The average Bonchev–Trinajstić information content (AvgIpc) is 2.76. The standard InChI is InChI=1S/C10H16N4S/c1-10(2)7-12-9(13-10)15-6-5-14-4-3-11-8-14/h3-4,8H,5-7H2,1-2H3,(H,12,13). The predicted molar refractivity (Wildman–Crippen MR) is 64.2 cm³/mol. The normalized spacial score (nSPS) is 18.7. The van der Waals surface area contributed by atoms with Crippen LogP contribution in [0.3, 0.4) is 0 Å². The van der Waals surface area contributed by atoms with Gasteiger partial charge in [-0.05, 0) is 13.8 Å². The van der Waals surface area contributed by atoms with Crippen LogP contribution in [0.4, 0.5) is 0 Å². The number of aliphatic imine (C=N–C) groups is 1. The minimum Gasteiger partial charge on any atom is -0.358 e. The van der Waals surface area contributed by atoms with E-state index < -0.39 is 0 Å². The van der Waals surface area contributed by atoms with E-state index in [1.807, 2.05) is 12.5 Å². The quantitative estimate of drug-likeness (QED) is 0.843. The number of rotatable bonds is 3. The molecule has 5 heteroatoms. The number of imidazole rings is 1. The molecule has 4 nitrogen and oxygen atoms in total. The van der Waals surface area contributed by atoms with E-state index in [0.29, 0.717) is 0 Å². The maximum atomic E-state index is 4.45. The molecular weight excluding hydrogens is 208 g/mol. The zero-order valence-corrected chi connectivity index (χ0v) is 9.92. The lowest BCUT2D eigenvalue weighted by atomic mass is 10.1. The lowest BCUT2D eigenvalue weighted by Gasteiger charge is -2.17. The van der Waals surface area contributed by atoms with E-state index in [1.54, 1.807) is 18.0 Å². The van der Waals surface area contributed by atoms with Crippen molar-refractivity contribution >= 4 is 16.9 Å². The third kappa shape index (κ3) is 2.99. The first-order chi connectivity index (χ1) is 7.16. The lowest BCUT2D eigenvalue weighted by Crippen LogP contribution is -2.38. The Bertz CT molecular complexity index is 342. The Kier molecular flexibility index (Phi) is 3.00. The number of hydrogen-bond acceptors (Lipinski definition) is 4. The minimum atomic E-state index is 0.136. The van der Waals surface area contributed by atoms with Gasteiger partial charge in [-0.3, -0.25) is 4.99 Å². The van der Waals surface area contributed by atoms with Crippen molar-refractivity contribution in [2.24, 2.45) is 4.99 Å². The van der Waals surface area contributed by atoms with Gasteiger partial charge < -0.3 is 9.88 Å². The average molecular weight is 224 g/mol. The van der Waals surface area contributed by atoms with Crippen molar-refractivity contribution < 1.29 is 0 Å². The van der Waals surface area contributed by atoms with Gasteiger partial charge in [-0.15, -0.1) is 0 Å². The first-order valence-corrected chi connectivity index (χ1v) is 6.05. The van der Waals surface area contributed by atoms with E-state index in [1.165, 1.54) is 0 Å². The second kappa shape index (κ2) is 4.26. The monoisotopic (exact) mass is 224 g/mol. The van der Waals surface area contributed by atoms with Gasteiger partial charge in [0.15, 0.2) is 5.17 Å². The van der Waals surface area contributed by atoms with Gasteiger partial charge in [0, 0.05) is 24.7 Å². The van der Waals surface area contributed by atoms with Crippen LogP contribution >= 0.6 is 11.8 Å². The molecule has 0 saturated carbocycles. The summed E-state index contributed by atoms with van der Waals surface area (Å²) in [5.74, 6) is 1.03. The van der Waals surface area contributed by atoms with Gasteiger partial charge in [0.1, 0.15) is 0 Å². The second-order valence-corrected chi connectivity index (χ2v) is 5.36. The fourth-order valence-electron chi connectivity index (χ4n) is 1.39. The molecule has 0 fully saturated rings. The Labute approximate surface area is 94.2 Å². The SMILES string of the molecule is CC1(C)CN=C(SCCn2ccnc2)N1. The van der Waals surface area contributed by atoms with Crippen molar-refractivity contribution in [3.8, 4) is 0 Å². The summed E-state index contributed by atoms with van der Waals surface area (Å²) >= 11 is 1.77. The summed E-state index contributed by atoms with van der Waals surface area (Å²) in [5, 5.41) is 4.47. The molecule has 2 heterocycles. The van der Waals surface area contributed by atoms with Crippen molar-refractivity contribution in [2.45, 2.75) is 25.9 Å². The molecule has 2 rings (SSSR count). The molecule has 0 amide bonds. The van der Waals surface area contributed by atoms with Gasteiger partial charge in [0.25, 0.3) is 0 Å². The maximum absolute atomic E-state index is 4.45. The first-order valence-electron chi connectivity index (χ1n) is 5.07. The number of nitrogens with one attached hydrogen (secondary N) is 1. The molecule has 1 N–H and O–H groups in total. The fourth-order valence-corrected chi connectivity index (χ4v) is 2.39. The lowest BCUT2D eigenvalue weighted by molar-refractivity contribution is 0.508. The highest BCUT2D eigenvalue weighted by atomic mass is 32.2. The van der Waals surface area contributed by atoms with Crippen LogP contribution in [0.1, 0.15) is 13.8 Å². The van der Waals surface area contributed by atoms with Crippen molar-refractivity contribution in [1.82, 2.24) is 14.9 Å². The Morgan fingerprint density at radius 3 is 3.07 bits per heavy atom. The van der Waals surface area contributed by atoms with Gasteiger partial charge in [0.05, 0.1) is 18.4 Å². The molecule has 0 atom stereocenters. The molecule has 0 bridgehead atoms. The van der Waals surface area contributed by atoms with Crippen LogP contribution in [0.15, 0.2) is 23.7 Å². The fraction of sp³-hybridized carbons (Fsp3) is 0.600. The molecule has 1 aliphatic heterocycles. The van der Waals surface area contributed by atoms with Gasteiger partial charge in [-0.25, -0.2) is 4.98 Å². The molecule has 1 aliphatic rings. The maximum Gasteiger partial charge on any atom is 0.157 e. The predicted octanol–water partition coefficient (Wildman–Crippen LogP) is 1.35. The molecule has 15 heavy (non-hydrogen) atoms. The third-order valence-corrected chi connectivity index (χ3v) is 3.10. The number of hydrogen-bond donors (Lipinski definition) is 1. The molecular formula is C10H16N4S. The molecule has 0 aromatic carbocycles. The first kappa shape index (κ1) is 10.5. The van der Waals surface area contributed by atoms with Gasteiger partial charge in [-0.1, -0.05) is 11.8 Å². The van der Waals surface area contributed by atoms with Crippen LogP contribution < -0.4 is 5.32 Å². The Hall–Kier alpha value is -0.970. The van der Waals surface area contributed by atoms with E-state index in [2.05, 4.69) is 33.7 Å². The number of aromatic nitrogens is 2. The van der Waals surface area contributed by atoms with E-state index in [4.69, 9.17) is 0 Å². The van der Waals surface area contributed by atoms with Crippen LogP contribution in [0.5, 0.6) is 0 Å². The third-order valence-electron chi connectivity index (χ3n) is 2.21. The van der Waals surface area contributed by atoms with Crippen LogP contribution in [-0.2, 0) is 6.54 Å². The highest BCUT2D eigenvalue weighted by Gasteiger charge is 2.24. The topological polar surface area (TPSA) is 42.2 Å². The number of nitrogens with zero attached hydrogens (tertiary/aromatic N) is 3. The van der Waals surface area contributed by atoms with Crippen LogP contribution in [0.2, 0.25) is 0 Å². The number of amidine groups is 1. The Morgan fingerprint density at radius 2 is 2.47 bits per heavy atom. The summed E-state index contributed by atoms with van der Waals surface area (Å²) in [6.07, 6.45) is 5.63. The molecule has 0 unspecified atom stereocenters. The molecule has 0 aliphatic carbocycles. The smallest absolute Gasteiger partial charge is 0.157 e. The van der Waals surface area contributed by atoms with Crippen LogP contribution in [-0.4, -0.2) is 32.6 Å². The van der Waals surface area contributed by atoms with Crippen molar-refractivity contribution in [2.75, 3.05) is 12.3 Å². The Balaban J connectivity index is 1.71. The highest BCUT2D eigenvalue weighted by Crippen LogP contribution is 2.15. The number of aryl methyl sites for hydroxylation is 1. The summed E-state index contributed by atoms with van der Waals surface area (Å²) in [4.78, 5) is 8.45. The zero-order chi connectivity index (χ0) is 10.7. The zero-order valence-electron chi connectivity index (χ0n) is 9.10. The van der Waals surface area contributed by atoms with E-state index in [-0.39, 0.29) is 5.54 Å². The van der Waals surface area contributed by atoms with Crippen LogP contribution in [0, 0.1) is 0 Å². The minimum absolute atomic E-state index is 0.136. The van der Waals surface area contributed by atoms with Crippen LogP contribution in [0.25, 0.3) is 0 Å².